The van der Waals surface area contributed by atoms with Crippen molar-refractivity contribution < 1.29 is 24.3 Å². The normalized spacial score (nSPS) is 11.5. The number of aromatic hydroxyl groups is 1. The van der Waals surface area contributed by atoms with Crippen LogP contribution in [0.2, 0.25) is 0 Å². The lowest BCUT2D eigenvalue weighted by Gasteiger charge is -2.10. The number of aldehydes is 1. The first-order chi connectivity index (χ1) is 13.5. The van der Waals surface area contributed by atoms with E-state index >= 15 is 0 Å². The molecule has 1 aliphatic rings. The quantitative estimate of drug-likeness (QED) is 0.248. The first-order valence-corrected chi connectivity index (χ1v) is 8.42. The van der Waals surface area contributed by atoms with E-state index in [9.17, 15) is 24.3 Å². The summed E-state index contributed by atoms with van der Waals surface area (Å²) < 4.78 is 0. The molecule has 0 aliphatic heterocycles. The molecule has 0 atom stereocenters. The highest BCUT2D eigenvalue weighted by atomic mass is 16.3. The molecule has 0 radical (unpaired) electrons. The summed E-state index contributed by atoms with van der Waals surface area (Å²) in [4.78, 5) is 47.9. The van der Waals surface area contributed by atoms with Crippen molar-refractivity contribution >= 4 is 29.4 Å². The summed E-state index contributed by atoms with van der Waals surface area (Å²) >= 11 is 0. The molecule has 1 amide bonds. The Balaban J connectivity index is 1.71. The number of benzene rings is 3. The van der Waals surface area contributed by atoms with Gasteiger partial charge < -0.3 is 10.4 Å². The third-order valence-corrected chi connectivity index (χ3v) is 4.62. The number of nitrogens with one attached hydrogen (secondary N) is 1. The second-order valence-electron chi connectivity index (χ2n) is 6.27. The van der Waals surface area contributed by atoms with Gasteiger partial charge in [0, 0.05) is 16.8 Å². The van der Waals surface area contributed by atoms with Crippen LogP contribution in [0.3, 0.4) is 0 Å². The standard InChI is InChI=1S/C22H13NO5/c24-11-19(26)17-10-12(8-9-18(17)25)23-22(28)16-7-3-6-14-13-4-1-2-5-15(13)21(27)20(14)16/h1-11,25H,(H,23,28). The van der Waals surface area contributed by atoms with Crippen LogP contribution in [0.1, 0.15) is 36.6 Å². The molecule has 0 fully saturated rings. The number of phenolic OH excluding ortho intramolecular Hbond substituents is 1. The Kier molecular flexibility index (Phi) is 4.08. The van der Waals surface area contributed by atoms with Crippen LogP contribution in [0.15, 0.2) is 60.7 Å². The van der Waals surface area contributed by atoms with Crippen molar-refractivity contribution in [2.24, 2.45) is 0 Å². The summed E-state index contributed by atoms with van der Waals surface area (Å²) in [6, 6.07) is 16.0. The smallest absolute Gasteiger partial charge is 0.256 e. The number of fused-ring (bicyclic) bond motifs is 3. The van der Waals surface area contributed by atoms with Crippen molar-refractivity contribution in [1.29, 1.82) is 0 Å². The predicted octanol–water partition coefficient (Wildman–Crippen LogP) is 3.24. The Morgan fingerprint density at radius 2 is 1.57 bits per heavy atom. The molecule has 0 saturated carbocycles. The molecule has 28 heavy (non-hydrogen) atoms. The highest BCUT2D eigenvalue weighted by molar-refractivity contribution is 6.34. The summed E-state index contributed by atoms with van der Waals surface area (Å²) in [5, 5.41) is 12.3. The minimum Gasteiger partial charge on any atom is -0.507 e. The molecule has 0 aromatic heterocycles. The number of carbonyl (C=O) groups is 4. The fraction of sp³-hybridized carbons (Fsp3) is 0. The average molecular weight is 371 g/mol. The van der Waals surface area contributed by atoms with Crippen molar-refractivity contribution in [1.82, 2.24) is 0 Å². The van der Waals surface area contributed by atoms with E-state index in [0.717, 1.165) is 5.56 Å². The number of phenols is 1. The van der Waals surface area contributed by atoms with Crippen molar-refractivity contribution in [3.63, 3.8) is 0 Å². The molecule has 6 heteroatoms. The number of rotatable bonds is 4. The van der Waals surface area contributed by atoms with E-state index in [1.54, 1.807) is 30.3 Å². The molecule has 1 aliphatic carbocycles. The number of ketones is 2. The van der Waals surface area contributed by atoms with Gasteiger partial charge in [-0.1, -0.05) is 36.4 Å². The molecule has 6 nitrogen and oxygen atoms in total. The van der Waals surface area contributed by atoms with Crippen molar-refractivity contribution in [2.75, 3.05) is 5.32 Å². The van der Waals surface area contributed by atoms with Crippen molar-refractivity contribution in [3.05, 3.63) is 82.9 Å². The number of hydrogen-bond donors (Lipinski definition) is 2. The lowest BCUT2D eigenvalue weighted by atomic mass is 10.00. The lowest BCUT2D eigenvalue weighted by Crippen LogP contribution is -2.16. The first kappa shape index (κ1) is 17.4. The zero-order valence-corrected chi connectivity index (χ0v) is 14.4. The minimum atomic E-state index is -0.903. The second kappa shape index (κ2) is 6.59. The van der Waals surface area contributed by atoms with Gasteiger partial charge in [0.2, 0.25) is 5.78 Å². The summed E-state index contributed by atoms with van der Waals surface area (Å²) in [5.41, 5.74) is 2.54. The molecule has 136 valence electrons. The van der Waals surface area contributed by atoms with Gasteiger partial charge in [0.05, 0.1) is 11.1 Å². The van der Waals surface area contributed by atoms with Crippen molar-refractivity contribution in [2.45, 2.75) is 0 Å². The Morgan fingerprint density at radius 3 is 2.32 bits per heavy atom. The van der Waals surface area contributed by atoms with Crippen LogP contribution in [0.5, 0.6) is 5.75 Å². The van der Waals surface area contributed by atoms with Gasteiger partial charge in [-0.2, -0.15) is 0 Å². The van der Waals surface area contributed by atoms with E-state index in [0.29, 0.717) is 16.7 Å². The maximum Gasteiger partial charge on any atom is 0.256 e. The van der Waals surface area contributed by atoms with Crippen LogP contribution in [-0.4, -0.2) is 28.9 Å². The van der Waals surface area contributed by atoms with Gasteiger partial charge in [-0.05, 0) is 35.4 Å². The summed E-state index contributed by atoms with van der Waals surface area (Å²) in [7, 11) is 0. The van der Waals surface area contributed by atoms with Crippen LogP contribution >= 0.6 is 0 Å². The predicted molar refractivity (Wildman–Crippen MR) is 102 cm³/mol. The SMILES string of the molecule is O=CC(=O)c1cc(NC(=O)c2cccc3c2C(=O)c2ccccc2-3)ccc1O. The monoisotopic (exact) mass is 371 g/mol. The number of carbonyl (C=O) groups excluding carboxylic acids is 4. The number of amides is 1. The highest BCUT2D eigenvalue weighted by Crippen LogP contribution is 2.38. The van der Waals surface area contributed by atoms with Gasteiger partial charge in [0.15, 0.2) is 12.1 Å². The maximum absolute atomic E-state index is 12.8. The van der Waals surface area contributed by atoms with E-state index in [4.69, 9.17) is 0 Å². The molecule has 0 bridgehead atoms. The van der Waals surface area contributed by atoms with Crippen LogP contribution in [0, 0.1) is 0 Å². The Labute approximate surface area is 159 Å². The van der Waals surface area contributed by atoms with E-state index in [1.807, 2.05) is 12.1 Å². The Hall–Kier alpha value is -4.06. The van der Waals surface area contributed by atoms with Gasteiger partial charge in [0.1, 0.15) is 5.75 Å². The molecule has 2 N–H and O–H groups in total. The minimum absolute atomic E-state index is 0.0839. The van der Waals surface area contributed by atoms with E-state index in [-0.39, 0.29) is 34.6 Å². The van der Waals surface area contributed by atoms with E-state index < -0.39 is 11.7 Å². The number of anilines is 1. The fourth-order valence-corrected chi connectivity index (χ4v) is 3.33. The average Bonchev–Trinajstić information content (AvgIpc) is 3.01. The molecule has 3 aromatic rings. The van der Waals surface area contributed by atoms with Crippen LogP contribution in [-0.2, 0) is 4.79 Å². The number of hydrogen-bond acceptors (Lipinski definition) is 5. The van der Waals surface area contributed by atoms with Gasteiger partial charge in [-0.15, -0.1) is 0 Å². The van der Waals surface area contributed by atoms with E-state index in [2.05, 4.69) is 5.32 Å². The summed E-state index contributed by atoms with van der Waals surface area (Å²) in [6.07, 6.45) is 0.0839. The Morgan fingerprint density at radius 1 is 0.857 bits per heavy atom. The van der Waals surface area contributed by atoms with Crippen molar-refractivity contribution in [3.8, 4) is 16.9 Å². The maximum atomic E-state index is 12.8. The Bertz CT molecular complexity index is 1180. The zero-order valence-electron chi connectivity index (χ0n) is 14.4. The molecule has 0 spiro atoms. The largest absolute Gasteiger partial charge is 0.507 e. The summed E-state index contributed by atoms with van der Waals surface area (Å²) in [6.45, 7) is 0. The van der Waals surface area contributed by atoms with Crippen LogP contribution < -0.4 is 5.32 Å². The molecule has 4 rings (SSSR count). The van der Waals surface area contributed by atoms with E-state index in [1.165, 1.54) is 18.2 Å². The van der Waals surface area contributed by atoms with Crippen LogP contribution in [0.25, 0.3) is 11.1 Å². The number of Topliss-reactive ketones (excluding diaryl/α,β-unsaturated/α-hetero) is 1. The third-order valence-electron chi connectivity index (χ3n) is 4.62. The molecular formula is C22H13NO5. The third kappa shape index (κ3) is 2.68. The second-order valence-corrected chi connectivity index (χ2v) is 6.27. The van der Waals surface area contributed by atoms with Gasteiger partial charge >= 0.3 is 0 Å². The highest BCUT2D eigenvalue weighted by Gasteiger charge is 2.30. The molecular weight excluding hydrogens is 358 g/mol. The first-order valence-electron chi connectivity index (χ1n) is 8.42. The molecule has 3 aromatic carbocycles. The fourth-order valence-electron chi connectivity index (χ4n) is 3.33. The molecule has 0 unspecified atom stereocenters. The lowest BCUT2D eigenvalue weighted by molar-refractivity contribution is -0.104. The summed E-state index contributed by atoms with van der Waals surface area (Å²) in [5.74, 6) is -2.02. The van der Waals surface area contributed by atoms with Gasteiger partial charge in [0.25, 0.3) is 5.91 Å². The zero-order chi connectivity index (χ0) is 19.8. The topological polar surface area (TPSA) is 101 Å². The molecule has 0 saturated heterocycles. The van der Waals surface area contributed by atoms with Gasteiger partial charge in [-0.3, -0.25) is 19.2 Å². The van der Waals surface area contributed by atoms with Crippen LogP contribution in [0.4, 0.5) is 5.69 Å². The van der Waals surface area contributed by atoms with Gasteiger partial charge in [-0.25, -0.2) is 0 Å². The molecule has 0 heterocycles.